The van der Waals surface area contributed by atoms with Gasteiger partial charge in [-0.05, 0) is 30.7 Å². The number of aliphatic carboxylic acids is 1. The summed E-state index contributed by atoms with van der Waals surface area (Å²) < 4.78 is 60.2. The third-order valence-electron chi connectivity index (χ3n) is 6.73. The molecular formula is C25H40F3N5O5S. The van der Waals surface area contributed by atoms with E-state index in [0.717, 1.165) is 44.8 Å². The average molecular weight is 580 g/mol. The Hall–Kier alpha value is -2.26. The topological polar surface area (TPSA) is 113 Å². The molecule has 3 rings (SSSR count). The first-order chi connectivity index (χ1) is 18.2. The third kappa shape index (κ3) is 10.7. The van der Waals surface area contributed by atoms with Gasteiger partial charge in [0.25, 0.3) is 0 Å². The van der Waals surface area contributed by atoms with Crippen molar-refractivity contribution in [2.45, 2.75) is 37.3 Å². The second kappa shape index (κ2) is 14.9. The number of hydrogen-bond acceptors (Lipinski definition) is 7. The Morgan fingerprint density at radius 2 is 1.54 bits per heavy atom. The van der Waals surface area contributed by atoms with Gasteiger partial charge in [0, 0.05) is 78.4 Å². The number of rotatable bonds is 9. The van der Waals surface area contributed by atoms with Gasteiger partial charge in [-0.2, -0.15) is 17.5 Å². The molecule has 0 aromatic heterocycles. The van der Waals surface area contributed by atoms with Gasteiger partial charge in [-0.25, -0.2) is 13.2 Å². The summed E-state index contributed by atoms with van der Waals surface area (Å²) in [6.07, 6.45) is -4.87. The van der Waals surface area contributed by atoms with Crippen molar-refractivity contribution >= 4 is 21.9 Å². The molecule has 1 aromatic rings. The standard InChI is InChI=1S/C23H39N5O3S.C2HF3O2/c1-20(2)21-4-6-22(7-5-21)32(30,31)28(19-18-26-16-14-25(3)15-17-26)11-8-23(29)27-12-9-24-10-13-27;3-2(4,5)1(6)7/h4-7,20,24H,8-19H2,1-3H3;(H,6,7). The van der Waals surface area contributed by atoms with Gasteiger partial charge in [0.2, 0.25) is 15.9 Å². The highest BCUT2D eigenvalue weighted by atomic mass is 32.2. The highest BCUT2D eigenvalue weighted by Crippen LogP contribution is 2.21. The van der Waals surface area contributed by atoms with Gasteiger partial charge in [-0.3, -0.25) is 9.69 Å². The zero-order valence-electron chi connectivity index (χ0n) is 22.8. The molecule has 0 saturated carbocycles. The van der Waals surface area contributed by atoms with E-state index in [9.17, 15) is 26.4 Å². The second-order valence-electron chi connectivity index (χ2n) is 9.96. The van der Waals surface area contributed by atoms with Crippen LogP contribution in [0.3, 0.4) is 0 Å². The van der Waals surface area contributed by atoms with Crippen molar-refractivity contribution in [3.05, 3.63) is 29.8 Å². The van der Waals surface area contributed by atoms with Crippen LogP contribution in [0.15, 0.2) is 29.2 Å². The van der Waals surface area contributed by atoms with Gasteiger partial charge >= 0.3 is 12.1 Å². The lowest BCUT2D eigenvalue weighted by atomic mass is 10.0. The third-order valence-corrected chi connectivity index (χ3v) is 8.65. The van der Waals surface area contributed by atoms with Gasteiger partial charge in [0.05, 0.1) is 4.90 Å². The molecule has 39 heavy (non-hydrogen) atoms. The molecule has 1 amide bonds. The molecule has 0 aliphatic carbocycles. The Labute approximate surface area is 228 Å². The van der Waals surface area contributed by atoms with Gasteiger partial charge in [-0.1, -0.05) is 26.0 Å². The number of benzene rings is 1. The molecule has 2 fully saturated rings. The molecule has 14 heteroatoms. The molecule has 1 aromatic carbocycles. The lowest BCUT2D eigenvalue weighted by Crippen LogP contribution is -2.49. The number of carboxylic acid groups (broad SMARTS) is 1. The van der Waals surface area contributed by atoms with Crippen molar-refractivity contribution < 1.29 is 36.3 Å². The van der Waals surface area contributed by atoms with Gasteiger partial charge in [0.15, 0.2) is 0 Å². The fourth-order valence-corrected chi connectivity index (χ4v) is 5.57. The van der Waals surface area contributed by atoms with Crippen molar-refractivity contribution in [1.29, 1.82) is 0 Å². The summed E-state index contributed by atoms with van der Waals surface area (Å²) in [7, 11) is -1.56. The number of carbonyl (C=O) groups is 2. The monoisotopic (exact) mass is 579 g/mol. The number of carbonyl (C=O) groups excluding carboxylic acids is 1. The van der Waals surface area contributed by atoms with E-state index in [4.69, 9.17) is 9.90 Å². The number of sulfonamides is 1. The maximum absolute atomic E-state index is 13.5. The highest BCUT2D eigenvalue weighted by Gasteiger charge is 2.38. The SMILES string of the molecule is CC(C)c1ccc(S(=O)(=O)N(CCC(=O)N2CCNCC2)CCN2CCN(C)CC2)cc1.O=C(O)C(F)(F)F. The van der Waals surface area contributed by atoms with Crippen LogP contribution in [0.2, 0.25) is 0 Å². The van der Waals surface area contributed by atoms with Crippen LogP contribution in [-0.4, -0.2) is 130 Å². The van der Waals surface area contributed by atoms with Crippen LogP contribution in [0.4, 0.5) is 13.2 Å². The number of nitrogens with zero attached hydrogens (tertiary/aromatic N) is 4. The molecule has 0 bridgehead atoms. The first kappa shape index (κ1) is 32.9. The van der Waals surface area contributed by atoms with Crippen LogP contribution in [-0.2, 0) is 19.6 Å². The fourth-order valence-electron chi connectivity index (χ4n) is 4.14. The van der Waals surface area contributed by atoms with Crippen LogP contribution < -0.4 is 5.32 Å². The smallest absolute Gasteiger partial charge is 0.475 e. The number of carboxylic acids is 1. The number of alkyl halides is 3. The summed E-state index contributed by atoms with van der Waals surface area (Å²) in [4.78, 5) is 28.3. The molecule has 2 aliphatic rings. The molecule has 0 radical (unpaired) electrons. The summed E-state index contributed by atoms with van der Waals surface area (Å²) in [6, 6.07) is 7.18. The van der Waals surface area contributed by atoms with Crippen LogP contribution in [0.1, 0.15) is 31.7 Å². The van der Waals surface area contributed by atoms with Crippen molar-refractivity contribution in [3.63, 3.8) is 0 Å². The van der Waals surface area contributed by atoms with Crippen molar-refractivity contribution in [1.82, 2.24) is 24.3 Å². The Bertz CT molecular complexity index is 1020. The predicted molar refractivity (Wildman–Crippen MR) is 141 cm³/mol. The summed E-state index contributed by atoms with van der Waals surface area (Å²) in [5.74, 6) is -2.38. The molecule has 0 spiro atoms. The summed E-state index contributed by atoms with van der Waals surface area (Å²) in [5.41, 5.74) is 1.11. The first-order valence-corrected chi connectivity index (χ1v) is 14.5. The van der Waals surface area contributed by atoms with Gasteiger partial charge in [-0.15, -0.1) is 0 Å². The van der Waals surface area contributed by atoms with Crippen LogP contribution in [0, 0.1) is 0 Å². The summed E-state index contributed by atoms with van der Waals surface area (Å²) >= 11 is 0. The average Bonchev–Trinajstić information content (AvgIpc) is 2.89. The number of piperazine rings is 2. The molecule has 2 N–H and O–H groups in total. The summed E-state index contributed by atoms with van der Waals surface area (Å²) in [6.45, 7) is 12.3. The van der Waals surface area contributed by atoms with Crippen molar-refractivity contribution in [2.24, 2.45) is 0 Å². The number of amides is 1. The molecular weight excluding hydrogens is 539 g/mol. The van der Waals surface area contributed by atoms with E-state index < -0.39 is 22.2 Å². The van der Waals surface area contributed by atoms with Gasteiger partial charge < -0.3 is 20.2 Å². The minimum atomic E-state index is -5.08. The zero-order chi connectivity index (χ0) is 29.2. The Kier molecular flexibility index (Phi) is 12.6. The van der Waals surface area contributed by atoms with Crippen molar-refractivity contribution in [3.8, 4) is 0 Å². The molecule has 0 unspecified atom stereocenters. The molecule has 0 atom stereocenters. The quantitative estimate of drug-likeness (QED) is 0.453. The van der Waals surface area contributed by atoms with E-state index >= 15 is 0 Å². The minimum Gasteiger partial charge on any atom is -0.475 e. The molecule has 222 valence electrons. The largest absolute Gasteiger partial charge is 0.490 e. The molecule has 2 aliphatic heterocycles. The maximum atomic E-state index is 13.5. The molecule has 10 nitrogen and oxygen atoms in total. The Balaban J connectivity index is 0.000000673. The van der Waals surface area contributed by atoms with Crippen LogP contribution in [0.5, 0.6) is 0 Å². The number of halogens is 3. The van der Waals surface area contributed by atoms with Crippen LogP contribution >= 0.6 is 0 Å². The maximum Gasteiger partial charge on any atom is 0.490 e. The Morgan fingerprint density at radius 1 is 1.00 bits per heavy atom. The Morgan fingerprint density at radius 3 is 2.03 bits per heavy atom. The summed E-state index contributed by atoms with van der Waals surface area (Å²) in [5, 5.41) is 10.4. The molecule has 2 heterocycles. The first-order valence-electron chi connectivity index (χ1n) is 13.0. The number of likely N-dealkylation sites (N-methyl/N-ethyl adjacent to an activating group) is 1. The fraction of sp³-hybridized carbons (Fsp3) is 0.680. The van der Waals surface area contributed by atoms with Crippen molar-refractivity contribution in [2.75, 3.05) is 79.0 Å². The highest BCUT2D eigenvalue weighted by molar-refractivity contribution is 7.89. The van der Waals surface area contributed by atoms with Gasteiger partial charge in [0.1, 0.15) is 0 Å². The predicted octanol–water partition coefficient (Wildman–Crippen LogP) is 1.50. The normalized spacial score (nSPS) is 17.7. The number of nitrogens with one attached hydrogen (secondary N) is 1. The van der Waals surface area contributed by atoms with Crippen LogP contribution in [0.25, 0.3) is 0 Å². The number of hydrogen-bond donors (Lipinski definition) is 2. The van der Waals surface area contributed by atoms with E-state index in [-0.39, 0.29) is 18.9 Å². The van der Waals surface area contributed by atoms with E-state index in [0.29, 0.717) is 37.0 Å². The minimum absolute atomic E-state index is 0.0291. The lowest BCUT2D eigenvalue weighted by molar-refractivity contribution is -0.192. The van der Waals surface area contributed by atoms with E-state index in [2.05, 4.69) is 36.0 Å². The van der Waals surface area contributed by atoms with E-state index in [1.165, 1.54) is 4.31 Å². The molecule has 2 saturated heterocycles. The lowest BCUT2D eigenvalue weighted by Gasteiger charge is -2.34. The van der Waals surface area contributed by atoms with E-state index in [1.54, 1.807) is 12.1 Å². The van der Waals surface area contributed by atoms with E-state index in [1.807, 2.05) is 17.0 Å². The zero-order valence-corrected chi connectivity index (χ0v) is 23.6. The second-order valence-corrected chi connectivity index (χ2v) is 11.9.